The minimum Gasteiger partial charge on any atom is -0.490 e. The summed E-state index contributed by atoms with van der Waals surface area (Å²) in [7, 11) is 1.33. The summed E-state index contributed by atoms with van der Waals surface area (Å²) < 4.78 is 54.4. The molecule has 2 fully saturated rings. The van der Waals surface area contributed by atoms with Gasteiger partial charge < -0.3 is 14.5 Å². The number of ether oxygens (including phenoxy) is 2. The molecule has 2 heterocycles. The summed E-state index contributed by atoms with van der Waals surface area (Å²) >= 11 is 1.29. The Bertz CT molecular complexity index is 1180. The lowest BCUT2D eigenvalue weighted by Gasteiger charge is -2.24. The standard InChI is InChI=1S/C26H28F3NO3S/c1-32-25(31)21-14-20-24(34-21)22(15-7-3-2-4-8-15)23(30-20)18-12-11-17(13-19(18)26(27,28)29)33-16-9-5-6-10-16/h11-16,30H,2-10H2,1H3. The van der Waals surface area contributed by atoms with Crippen molar-refractivity contribution in [1.29, 1.82) is 0 Å². The number of benzene rings is 1. The molecule has 3 aromatic rings. The number of methoxy groups -OCH3 is 1. The van der Waals surface area contributed by atoms with Gasteiger partial charge in [-0.1, -0.05) is 19.3 Å². The number of esters is 1. The van der Waals surface area contributed by atoms with Gasteiger partial charge in [0.25, 0.3) is 0 Å². The third-order valence-corrected chi connectivity index (χ3v) is 8.22. The van der Waals surface area contributed by atoms with E-state index >= 15 is 0 Å². The molecule has 8 heteroatoms. The highest BCUT2D eigenvalue weighted by molar-refractivity contribution is 7.21. The van der Waals surface area contributed by atoms with E-state index in [4.69, 9.17) is 9.47 Å². The molecular weight excluding hydrogens is 463 g/mol. The van der Waals surface area contributed by atoms with Gasteiger partial charge in [-0.05, 0) is 74.3 Å². The molecule has 0 amide bonds. The Kier molecular flexibility index (Phi) is 6.35. The van der Waals surface area contributed by atoms with Crippen molar-refractivity contribution in [2.24, 2.45) is 0 Å². The normalized spacial score (nSPS) is 18.0. The fourth-order valence-corrected chi connectivity index (χ4v) is 6.60. The summed E-state index contributed by atoms with van der Waals surface area (Å²) in [5, 5.41) is 0. The number of carbonyl (C=O) groups excluding carboxylic acids is 1. The molecule has 2 aliphatic carbocycles. The summed E-state index contributed by atoms with van der Waals surface area (Å²) in [5.74, 6) is -0.0178. The Morgan fingerprint density at radius 3 is 2.41 bits per heavy atom. The molecule has 1 N–H and O–H groups in total. The van der Waals surface area contributed by atoms with E-state index in [1.807, 2.05) is 0 Å². The summed E-state index contributed by atoms with van der Waals surface area (Å²) in [6.07, 6.45) is 4.40. The van der Waals surface area contributed by atoms with Crippen molar-refractivity contribution < 1.29 is 27.4 Å². The predicted molar refractivity (Wildman–Crippen MR) is 127 cm³/mol. The lowest BCUT2D eigenvalue weighted by Crippen LogP contribution is -2.13. The first-order valence-electron chi connectivity index (χ1n) is 12.0. The maximum atomic E-state index is 14.3. The maximum absolute atomic E-state index is 14.3. The lowest BCUT2D eigenvalue weighted by atomic mass is 9.82. The minimum atomic E-state index is -4.52. The van der Waals surface area contributed by atoms with Gasteiger partial charge in [0.2, 0.25) is 0 Å². The molecule has 0 atom stereocenters. The average molecular weight is 492 g/mol. The Morgan fingerprint density at radius 1 is 1.03 bits per heavy atom. The van der Waals surface area contributed by atoms with Crippen LogP contribution in [0.3, 0.4) is 0 Å². The van der Waals surface area contributed by atoms with Crippen LogP contribution in [0.5, 0.6) is 5.75 Å². The number of rotatable bonds is 5. The van der Waals surface area contributed by atoms with Gasteiger partial charge >= 0.3 is 12.1 Å². The van der Waals surface area contributed by atoms with Gasteiger partial charge in [-0.15, -0.1) is 11.3 Å². The number of H-pyrrole nitrogens is 1. The van der Waals surface area contributed by atoms with Gasteiger partial charge in [0.1, 0.15) is 10.6 Å². The zero-order chi connectivity index (χ0) is 23.9. The summed E-state index contributed by atoms with van der Waals surface area (Å²) in [6.45, 7) is 0. The Hall–Kier alpha value is -2.48. The molecule has 2 saturated carbocycles. The van der Waals surface area contributed by atoms with Crippen molar-refractivity contribution in [3.63, 3.8) is 0 Å². The molecule has 34 heavy (non-hydrogen) atoms. The molecule has 4 nitrogen and oxygen atoms in total. The van der Waals surface area contributed by atoms with Crippen LogP contribution in [0.1, 0.15) is 84.5 Å². The highest BCUT2D eigenvalue weighted by Gasteiger charge is 2.37. The molecule has 182 valence electrons. The summed E-state index contributed by atoms with van der Waals surface area (Å²) in [4.78, 5) is 15.8. The fourth-order valence-electron chi connectivity index (χ4n) is 5.44. The summed E-state index contributed by atoms with van der Waals surface area (Å²) in [6, 6.07) is 6.03. The monoisotopic (exact) mass is 491 g/mol. The fraction of sp³-hybridized carbons (Fsp3) is 0.500. The van der Waals surface area contributed by atoms with Crippen molar-refractivity contribution >= 4 is 27.5 Å². The van der Waals surface area contributed by atoms with Crippen LogP contribution < -0.4 is 4.74 Å². The second kappa shape index (κ2) is 9.29. The van der Waals surface area contributed by atoms with Crippen LogP contribution in [0.25, 0.3) is 21.5 Å². The number of hydrogen-bond acceptors (Lipinski definition) is 4. The van der Waals surface area contributed by atoms with Crippen LogP contribution in [0.2, 0.25) is 0 Å². The van der Waals surface area contributed by atoms with Crippen molar-refractivity contribution in [2.75, 3.05) is 7.11 Å². The van der Waals surface area contributed by atoms with Crippen molar-refractivity contribution in [1.82, 2.24) is 4.98 Å². The van der Waals surface area contributed by atoms with E-state index in [0.29, 0.717) is 16.1 Å². The van der Waals surface area contributed by atoms with Crippen LogP contribution in [-0.4, -0.2) is 24.2 Å². The molecule has 2 aromatic heterocycles. The lowest BCUT2D eigenvalue weighted by molar-refractivity contribution is -0.137. The average Bonchev–Trinajstić information content (AvgIpc) is 3.55. The van der Waals surface area contributed by atoms with Gasteiger partial charge in [-0.25, -0.2) is 4.79 Å². The van der Waals surface area contributed by atoms with Crippen LogP contribution in [0, 0.1) is 0 Å². The third-order valence-electron chi connectivity index (χ3n) is 7.08. The molecule has 0 aliphatic heterocycles. The number of carbonyl (C=O) groups is 1. The molecule has 0 bridgehead atoms. The van der Waals surface area contributed by atoms with E-state index < -0.39 is 17.7 Å². The van der Waals surface area contributed by atoms with Crippen molar-refractivity contribution in [3.8, 4) is 17.0 Å². The van der Waals surface area contributed by atoms with E-state index in [-0.39, 0.29) is 23.3 Å². The van der Waals surface area contributed by atoms with Crippen molar-refractivity contribution in [3.05, 3.63) is 40.3 Å². The predicted octanol–water partition coefficient (Wildman–Crippen LogP) is 8.07. The summed E-state index contributed by atoms with van der Waals surface area (Å²) in [5.41, 5.74) is 1.52. The highest BCUT2D eigenvalue weighted by Crippen LogP contribution is 2.48. The second-order valence-corrected chi connectivity index (χ2v) is 10.4. The molecule has 5 rings (SSSR count). The number of halogens is 3. The Balaban J connectivity index is 1.63. The Morgan fingerprint density at radius 2 is 1.74 bits per heavy atom. The first kappa shape index (κ1) is 23.3. The number of aromatic amines is 1. The zero-order valence-electron chi connectivity index (χ0n) is 19.1. The molecular formula is C26H28F3NO3S. The molecule has 1 aromatic carbocycles. The second-order valence-electron chi connectivity index (χ2n) is 9.32. The van der Waals surface area contributed by atoms with Crippen LogP contribution >= 0.6 is 11.3 Å². The SMILES string of the molecule is COC(=O)c1cc2[nH]c(-c3ccc(OC4CCCC4)cc3C(F)(F)F)c(C3CCCCC3)c2s1. The van der Waals surface area contributed by atoms with Gasteiger partial charge in [0.05, 0.1) is 34.7 Å². The highest BCUT2D eigenvalue weighted by atomic mass is 32.1. The molecule has 0 radical (unpaired) electrons. The molecule has 0 unspecified atom stereocenters. The third kappa shape index (κ3) is 4.44. The van der Waals surface area contributed by atoms with Crippen LogP contribution in [0.4, 0.5) is 13.2 Å². The first-order valence-corrected chi connectivity index (χ1v) is 12.8. The van der Waals surface area contributed by atoms with E-state index in [2.05, 4.69) is 4.98 Å². The van der Waals surface area contributed by atoms with E-state index in [9.17, 15) is 18.0 Å². The van der Waals surface area contributed by atoms with Gasteiger partial charge in [0.15, 0.2) is 0 Å². The van der Waals surface area contributed by atoms with Gasteiger partial charge in [-0.3, -0.25) is 0 Å². The minimum absolute atomic E-state index is 0.0164. The van der Waals surface area contributed by atoms with Crippen LogP contribution in [-0.2, 0) is 10.9 Å². The molecule has 2 aliphatic rings. The largest absolute Gasteiger partial charge is 0.490 e. The molecule has 0 spiro atoms. The topological polar surface area (TPSA) is 51.3 Å². The number of alkyl halides is 3. The quantitative estimate of drug-likeness (QED) is 0.367. The van der Waals surface area contributed by atoms with Crippen LogP contribution in [0.15, 0.2) is 24.3 Å². The number of thiophene rings is 1. The van der Waals surface area contributed by atoms with Crippen molar-refractivity contribution in [2.45, 2.75) is 76.0 Å². The maximum Gasteiger partial charge on any atom is 0.417 e. The number of aromatic nitrogens is 1. The first-order chi connectivity index (χ1) is 16.3. The zero-order valence-corrected chi connectivity index (χ0v) is 19.9. The number of fused-ring (bicyclic) bond motifs is 1. The van der Waals surface area contributed by atoms with Gasteiger partial charge in [-0.2, -0.15) is 13.2 Å². The van der Waals surface area contributed by atoms with Gasteiger partial charge in [0, 0.05) is 5.56 Å². The van der Waals surface area contributed by atoms with E-state index in [1.165, 1.54) is 24.5 Å². The van der Waals surface area contributed by atoms with E-state index in [0.717, 1.165) is 74.1 Å². The smallest absolute Gasteiger partial charge is 0.417 e. The Labute approximate surface area is 200 Å². The molecule has 0 saturated heterocycles. The number of hydrogen-bond donors (Lipinski definition) is 1. The number of nitrogens with one attached hydrogen (secondary N) is 1. The van der Waals surface area contributed by atoms with E-state index in [1.54, 1.807) is 12.1 Å².